The van der Waals surface area contributed by atoms with Gasteiger partial charge in [-0.15, -0.1) is 12.8 Å². The van der Waals surface area contributed by atoms with Crippen LogP contribution in [0, 0.1) is 12.8 Å². The van der Waals surface area contributed by atoms with Gasteiger partial charge in [0, 0.05) is 50.6 Å². The number of imidazole rings is 1. The van der Waals surface area contributed by atoms with E-state index in [0.717, 1.165) is 30.8 Å². The average Bonchev–Trinajstić information content (AvgIpc) is 3.42. The van der Waals surface area contributed by atoms with Gasteiger partial charge in [0.15, 0.2) is 0 Å². The van der Waals surface area contributed by atoms with E-state index in [2.05, 4.69) is 17.8 Å². The quantitative estimate of drug-likeness (QED) is 0.288. The van der Waals surface area contributed by atoms with Crippen molar-refractivity contribution >= 4 is 17.4 Å². The maximum Gasteiger partial charge on any atom is 0.416 e. The van der Waals surface area contributed by atoms with Crippen molar-refractivity contribution in [3.05, 3.63) is 83.4 Å². The van der Waals surface area contributed by atoms with Gasteiger partial charge in [-0.05, 0) is 49.9 Å². The molecule has 1 aliphatic rings. The van der Waals surface area contributed by atoms with Crippen LogP contribution >= 0.6 is 0 Å². The molecule has 3 heterocycles. The zero-order valence-electron chi connectivity index (χ0n) is 24.3. The van der Waals surface area contributed by atoms with E-state index >= 15 is 0 Å². The van der Waals surface area contributed by atoms with Crippen molar-refractivity contribution in [2.45, 2.75) is 44.4 Å². The van der Waals surface area contributed by atoms with E-state index in [9.17, 15) is 23.1 Å². The zero-order valence-corrected chi connectivity index (χ0v) is 24.3. The first kappa shape index (κ1) is 31.4. The van der Waals surface area contributed by atoms with Crippen LogP contribution in [0.2, 0.25) is 0 Å². The molecule has 0 aliphatic carbocycles. The van der Waals surface area contributed by atoms with Gasteiger partial charge in [-0.3, -0.25) is 4.40 Å². The van der Waals surface area contributed by atoms with E-state index in [4.69, 9.17) is 10.7 Å². The summed E-state index contributed by atoms with van der Waals surface area (Å²) < 4.78 is 41.8. The molecule has 4 aromatic rings. The van der Waals surface area contributed by atoms with Crippen LogP contribution in [0.3, 0.4) is 0 Å². The van der Waals surface area contributed by atoms with E-state index in [0.29, 0.717) is 47.8 Å². The highest BCUT2D eigenvalue weighted by Gasteiger charge is 2.34. The summed E-state index contributed by atoms with van der Waals surface area (Å²) in [6, 6.07) is 11.6. The van der Waals surface area contributed by atoms with Crippen molar-refractivity contribution in [1.82, 2.24) is 24.2 Å². The van der Waals surface area contributed by atoms with Crippen molar-refractivity contribution in [2.24, 2.45) is 0 Å². The second kappa shape index (κ2) is 12.4. The second-order valence-electron chi connectivity index (χ2n) is 10.7. The fraction of sp³-hybridized carbons (Fsp3) is 0.344. The molecule has 1 fully saturated rings. The van der Waals surface area contributed by atoms with Gasteiger partial charge in [-0.2, -0.15) is 13.2 Å². The zero-order chi connectivity index (χ0) is 31.5. The molecule has 0 unspecified atom stereocenters. The van der Waals surface area contributed by atoms with Crippen LogP contribution in [0.5, 0.6) is 0 Å². The first-order chi connectivity index (χ1) is 20.4. The summed E-state index contributed by atoms with van der Waals surface area (Å²) in [4.78, 5) is 25.7. The number of urea groups is 1. The minimum atomic E-state index is -4.52. The van der Waals surface area contributed by atoms with Crippen LogP contribution in [0.4, 0.5) is 23.8 Å². The van der Waals surface area contributed by atoms with Gasteiger partial charge < -0.3 is 20.6 Å². The molecule has 1 aliphatic heterocycles. The van der Waals surface area contributed by atoms with E-state index < -0.39 is 17.3 Å². The lowest BCUT2D eigenvalue weighted by Crippen LogP contribution is -2.45. The van der Waals surface area contributed by atoms with E-state index in [1.165, 1.54) is 19.1 Å². The minimum absolute atomic E-state index is 0.0112. The van der Waals surface area contributed by atoms with Gasteiger partial charge in [0.25, 0.3) is 0 Å². The average molecular weight is 593 g/mol. The Morgan fingerprint density at radius 2 is 1.81 bits per heavy atom. The van der Waals surface area contributed by atoms with Crippen LogP contribution in [-0.2, 0) is 11.8 Å². The normalized spacial score (nSPS) is 16.7. The van der Waals surface area contributed by atoms with Crippen molar-refractivity contribution < 1.29 is 23.1 Å². The Kier molecular flexibility index (Phi) is 9.01. The Bertz CT molecular complexity index is 1610. The van der Waals surface area contributed by atoms with E-state index in [1.807, 2.05) is 22.4 Å². The number of carbonyl (C=O) groups is 1. The van der Waals surface area contributed by atoms with Crippen LogP contribution in [-0.4, -0.2) is 62.0 Å². The number of hydrogen-bond donors (Lipinski definition) is 2. The predicted molar refractivity (Wildman–Crippen MR) is 160 cm³/mol. The standard InChI is InChI=1S/C30H33F3N6O2.C2H2/c1-4-37(3)28(40)38-15-6-7-20(18-38)27-36-24(25-26(34)35-14-16-39(25)27)19-10-12-21(13-11-19)29(2,41)22-8-5-9-23(17-22)30(31,32)33;1-2/h5,8-14,16-17,20,41H,4,6-7,15,18H2,1-3H3,(H2,34,35);1-2H/t20-,29+;/m1./s1. The largest absolute Gasteiger partial charge is 0.416 e. The van der Waals surface area contributed by atoms with Gasteiger partial charge in [0.1, 0.15) is 28.5 Å². The SMILES string of the molecule is C#C.CCN(C)C(=O)N1CCC[C@@H](c2nc(-c3ccc([C@](C)(O)c4cccc(C(F)(F)F)c4)cc3)c3c(N)nccn23)C1. The topological polar surface area (TPSA) is 100.0 Å². The summed E-state index contributed by atoms with van der Waals surface area (Å²) in [5.74, 6) is 1.07. The molecule has 2 amide bonds. The number of likely N-dealkylation sites (tertiary alicyclic amines) is 1. The molecule has 3 N–H and O–H groups in total. The second-order valence-corrected chi connectivity index (χ2v) is 10.7. The molecule has 226 valence electrons. The number of amides is 2. The van der Waals surface area contributed by atoms with Gasteiger partial charge >= 0.3 is 12.2 Å². The van der Waals surface area contributed by atoms with E-state index in [-0.39, 0.29) is 17.5 Å². The summed E-state index contributed by atoms with van der Waals surface area (Å²) in [6.45, 7) is 5.24. The van der Waals surface area contributed by atoms with Gasteiger partial charge in [0.05, 0.1) is 5.56 Å². The summed E-state index contributed by atoms with van der Waals surface area (Å²) >= 11 is 0. The molecule has 2 atom stereocenters. The molecular weight excluding hydrogens is 557 g/mol. The highest BCUT2D eigenvalue weighted by Crippen LogP contribution is 2.37. The molecule has 2 aromatic carbocycles. The third kappa shape index (κ3) is 6.15. The summed E-state index contributed by atoms with van der Waals surface area (Å²) in [7, 11) is 1.79. The lowest BCUT2D eigenvalue weighted by Gasteiger charge is -2.34. The van der Waals surface area contributed by atoms with Crippen LogP contribution in [0.1, 0.15) is 55.1 Å². The number of fused-ring (bicyclic) bond motifs is 1. The Hall–Kier alpha value is -4.56. The molecule has 5 rings (SSSR count). The number of anilines is 1. The summed E-state index contributed by atoms with van der Waals surface area (Å²) in [5.41, 5.74) is 6.35. The third-order valence-electron chi connectivity index (χ3n) is 7.94. The molecule has 0 saturated carbocycles. The number of piperidine rings is 1. The van der Waals surface area contributed by atoms with Crippen LogP contribution < -0.4 is 5.73 Å². The first-order valence-corrected chi connectivity index (χ1v) is 13.9. The Morgan fingerprint density at radius 3 is 2.47 bits per heavy atom. The Morgan fingerprint density at radius 1 is 1.14 bits per heavy atom. The number of benzene rings is 2. The number of halogens is 3. The van der Waals surface area contributed by atoms with Crippen LogP contribution in [0.15, 0.2) is 60.9 Å². The molecule has 8 nitrogen and oxygen atoms in total. The number of nitrogens with two attached hydrogens (primary N) is 1. The van der Waals surface area contributed by atoms with Gasteiger partial charge in [-0.25, -0.2) is 14.8 Å². The lowest BCUT2D eigenvalue weighted by atomic mass is 9.87. The highest BCUT2D eigenvalue weighted by molar-refractivity contribution is 5.85. The highest BCUT2D eigenvalue weighted by atomic mass is 19.4. The lowest BCUT2D eigenvalue weighted by molar-refractivity contribution is -0.137. The molecule has 0 radical (unpaired) electrons. The maximum absolute atomic E-state index is 13.3. The van der Waals surface area contributed by atoms with Gasteiger partial charge in [0.2, 0.25) is 0 Å². The molecule has 0 spiro atoms. The predicted octanol–water partition coefficient (Wildman–Crippen LogP) is 5.75. The van der Waals surface area contributed by atoms with Crippen molar-refractivity contribution in [1.29, 1.82) is 0 Å². The molecular formula is C32H35F3N6O2. The number of aliphatic hydroxyl groups is 1. The number of rotatable bonds is 5. The molecule has 1 saturated heterocycles. The fourth-order valence-corrected chi connectivity index (χ4v) is 5.43. The van der Waals surface area contributed by atoms with Crippen molar-refractivity contribution in [3.8, 4) is 24.1 Å². The number of aromatic nitrogens is 3. The molecule has 43 heavy (non-hydrogen) atoms. The third-order valence-corrected chi connectivity index (χ3v) is 7.94. The number of hydrogen-bond acceptors (Lipinski definition) is 5. The fourth-order valence-electron chi connectivity index (χ4n) is 5.43. The van der Waals surface area contributed by atoms with Gasteiger partial charge in [-0.1, -0.05) is 36.4 Å². The minimum Gasteiger partial charge on any atom is -0.382 e. The molecule has 2 aromatic heterocycles. The Labute approximate surface area is 249 Å². The Balaban J connectivity index is 0.00000207. The molecule has 0 bridgehead atoms. The maximum atomic E-state index is 13.3. The number of alkyl halides is 3. The van der Waals surface area contributed by atoms with Crippen molar-refractivity contribution in [3.63, 3.8) is 0 Å². The first-order valence-electron chi connectivity index (χ1n) is 13.9. The van der Waals surface area contributed by atoms with E-state index in [1.54, 1.807) is 42.4 Å². The van der Waals surface area contributed by atoms with Crippen molar-refractivity contribution in [2.75, 3.05) is 32.4 Å². The molecule has 11 heteroatoms. The monoisotopic (exact) mass is 592 g/mol. The smallest absolute Gasteiger partial charge is 0.382 e. The number of nitrogens with zero attached hydrogens (tertiary/aromatic N) is 5. The number of terminal acetylenes is 1. The number of nitrogen functional groups attached to an aromatic ring is 1. The summed E-state index contributed by atoms with van der Waals surface area (Å²) in [6.07, 6.45) is 8.61. The van der Waals surface area contributed by atoms with Crippen LogP contribution in [0.25, 0.3) is 16.8 Å². The number of carbonyl (C=O) groups excluding carboxylic acids is 1. The summed E-state index contributed by atoms with van der Waals surface area (Å²) in [5, 5.41) is 11.3.